The minimum atomic E-state index is -0.397. The zero-order valence-electron chi connectivity index (χ0n) is 13.9. The molecule has 0 aromatic heterocycles. The largest absolute Gasteiger partial charge is 0.352 e. The molecule has 1 aliphatic rings. The second-order valence-electron chi connectivity index (χ2n) is 6.79. The second-order valence-corrected chi connectivity index (χ2v) is 7.65. The first-order chi connectivity index (χ1) is 11.0. The average molecular weight is 385 g/mol. The smallest absolute Gasteiger partial charge is 0.252 e. The van der Waals surface area contributed by atoms with Gasteiger partial charge in [-0.15, -0.1) is 0 Å². The van der Waals surface area contributed by atoms with Crippen LogP contribution in [0.1, 0.15) is 43.5 Å². The van der Waals surface area contributed by atoms with E-state index >= 15 is 0 Å². The fourth-order valence-corrected chi connectivity index (χ4v) is 3.83. The summed E-state index contributed by atoms with van der Waals surface area (Å²) in [5.74, 6) is 0.941. The summed E-state index contributed by atoms with van der Waals surface area (Å²) in [5, 5.41) is 2.87. The van der Waals surface area contributed by atoms with E-state index in [2.05, 4.69) is 40.0 Å². The predicted molar refractivity (Wildman–Crippen MR) is 95.1 cm³/mol. The molecule has 1 fully saturated rings. The number of nitrogens with one attached hydrogen (secondary N) is 1. The third-order valence-corrected chi connectivity index (χ3v) is 5.00. The molecule has 23 heavy (non-hydrogen) atoms. The second kappa shape index (κ2) is 8.78. The highest BCUT2D eigenvalue weighted by Gasteiger charge is 2.21. The number of unbranched alkanes of at least 4 members (excludes halogenated alkanes) is 1. The van der Waals surface area contributed by atoms with E-state index < -0.39 is 5.82 Å². The summed E-state index contributed by atoms with van der Waals surface area (Å²) in [6.45, 7) is 8.73. The summed E-state index contributed by atoms with van der Waals surface area (Å²) >= 11 is 3.28. The third-order valence-electron chi connectivity index (χ3n) is 4.30. The van der Waals surface area contributed by atoms with Gasteiger partial charge in [-0.25, -0.2) is 4.39 Å². The van der Waals surface area contributed by atoms with Gasteiger partial charge in [-0.2, -0.15) is 0 Å². The van der Waals surface area contributed by atoms with Crippen LogP contribution in [0.3, 0.4) is 0 Å². The Hall–Kier alpha value is -0.940. The Kier molecular flexibility index (Phi) is 7.03. The van der Waals surface area contributed by atoms with Gasteiger partial charge in [0.1, 0.15) is 5.82 Å². The van der Waals surface area contributed by atoms with Crippen molar-refractivity contribution in [3.8, 4) is 0 Å². The van der Waals surface area contributed by atoms with E-state index in [-0.39, 0.29) is 5.91 Å². The number of amides is 1. The molecule has 0 radical (unpaired) electrons. The van der Waals surface area contributed by atoms with Crippen molar-refractivity contribution in [1.82, 2.24) is 10.2 Å². The van der Waals surface area contributed by atoms with Gasteiger partial charge in [0, 0.05) is 24.1 Å². The molecule has 0 bridgehead atoms. The molecular formula is C18H26BrFN2O. The van der Waals surface area contributed by atoms with Crippen LogP contribution in [0.25, 0.3) is 0 Å². The van der Waals surface area contributed by atoms with Crippen LogP contribution in [0.5, 0.6) is 0 Å². The molecule has 0 aliphatic carbocycles. The number of rotatable bonds is 6. The normalized spacial score (nSPS) is 22.1. The molecule has 1 N–H and O–H groups in total. The van der Waals surface area contributed by atoms with Gasteiger partial charge >= 0.3 is 0 Å². The highest BCUT2D eigenvalue weighted by molar-refractivity contribution is 9.10. The number of likely N-dealkylation sites (tertiary alicyclic amines) is 1. The predicted octanol–water partition coefficient (Wildman–Crippen LogP) is 4.08. The van der Waals surface area contributed by atoms with Crippen LogP contribution in [0.2, 0.25) is 0 Å². The van der Waals surface area contributed by atoms with Gasteiger partial charge in [0.2, 0.25) is 0 Å². The number of carbonyl (C=O) groups is 1. The molecule has 1 saturated heterocycles. The molecule has 128 valence electrons. The molecule has 0 unspecified atom stereocenters. The van der Waals surface area contributed by atoms with E-state index in [0.717, 1.165) is 31.2 Å². The topological polar surface area (TPSA) is 32.3 Å². The van der Waals surface area contributed by atoms with E-state index in [0.29, 0.717) is 16.6 Å². The number of halogens is 2. The van der Waals surface area contributed by atoms with Crippen LogP contribution < -0.4 is 5.32 Å². The van der Waals surface area contributed by atoms with Gasteiger partial charge in [0.25, 0.3) is 5.91 Å². The molecule has 1 aromatic rings. The maximum atomic E-state index is 13.2. The van der Waals surface area contributed by atoms with Crippen molar-refractivity contribution in [3.05, 3.63) is 34.1 Å². The molecule has 0 spiro atoms. The van der Waals surface area contributed by atoms with Gasteiger partial charge in [0.15, 0.2) is 0 Å². The quantitative estimate of drug-likeness (QED) is 0.749. The van der Waals surface area contributed by atoms with Crippen LogP contribution in [0.15, 0.2) is 22.7 Å². The zero-order chi connectivity index (χ0) is 16.8. The molecule has 1 heterocycles. The SMILES string of the molecule is C[C@H]1C[C@H](C)CN(CCCCNC(=O)c2cc(F)ccc2Br)C1. The first-order valence-electron chi connectivity index (χ1n) is 8.41. The van der Waals surface area contributed by atoms with Crippen molar-refractivity contribution in [2.45, 2.75) is 33.1 Å². The Bertz CT molecular complexity index is 528. The summed E-state index contributed by atoms with van der Waals surface area (Å²) in [5.41, 5.74) is 0.351. The highest BCUT2D eigenvalue weighted by Crippen LogP contribution is 2.21. The summed E-state index contributed by atoms with van der Waals surface area (Å²) < 4.78 is 13.8. The van der Waals surface area contributed by atoms with Crippen LogP contribution in [0, 0.1) is 17.7 Å². The minimum absolute atomic E-state index is 0.225. The monoisotopic (exact) mass is 384 g/mol. The van der Waals surface area contributed by atoms with E-state index in [1.54, 1.807) is 6.07 Å². The molecule has 1 aromatic carbocycles. The molecule has 1 amide bonds. The van der Waals surface area contributed by atoms with Crippen LogP contribution in [0.4, 0.5) is 4.39 Å². The highest BCUT2D eigenvalue weighted by atomic mass is 79.9. The maximum Gasteiger partial charge on any atom is 0.252 e. The van der Waals surface area contributed by atoms with Crippen molar-refractivity contribution >= 4 is 21.8 Å². The molecular weight excluding hydrogens is 359 g/mol. The lowest BCUT2D eigenvalue weighted by Gasteiger charge is -2.34. The standard InChI is InChI=1S/C18H26BrFN2O/c1-13-9-14(2)12-22(11-13)8-4-3-7-21-18(23)16-10-15(20)5-6-17(16)19/h5-6,10,13-14H,3-4,7-9,11-12H2,1-2H3,(H,21,23)/t13-,14-/m0/s1. The number of hydrogen-bond donors (Lipinski definition) is 1. The molecule has 1 aliphatic heterocycles. The lowest BCUT2D eigenvalue weighted by Crippen LogP contribution is -2.39. The summed E-state index contributed by atoms with van der Waals surface area (Å²) in [4.78, 5) is 14.6. The number of piperidine rings is 1. The lowest BCUT2D eigenvalue weighted by molar-refractivity contribution is 0.0950. The van der Waals surface area contributed by atoms with Crippen molar-refractivity contribution in [3.63, 3.8) is 0 Å². The Morgan fingerprint density at radius 2 is 2.00 bits per heavy atom. The van der Waals surface area contributed by atoms with Crippen molar-refractivity contribution in [2.75, 3.05) is 26.2 Å². The Morgan fingerprint density at radius 1 is 1.30 bits per heavy atom. The van der Waals surface area contributed by atoms with Crippen LogP contribution in [-0.2, 0) is 0 Å². The number of carbonyl (C=O) groups excluding carboxylic acids is 1. The molecule has 0 saturated carbocycles. The Morgan fingerprint density at radius 3 is 2.70 bits per heavy atom. The molecule has 2 rings (SSSR count). The average Bonchev–Trinajstić information content (AvgIpc) is 2.48. The van der Waals surface area contributed by atoms with Gasteiger partial charge in [-0.3, -0.25) is 4.79 Å². The minimum Gasteiger partial charge on any atom is -0.352 e. The Labute approximate surface area is 146 Å². The first-order valence-corrected chi connectivity index (χ1v) is 9.20. The van der Waals surface area contributed by atoms with Gasteiger partial charge in [0.05, 0.1) is 5.56 Å². The fourth-order valence-electron chi connectivity index (χ4n) is 3.40. The van der Waals surface area contributed by atoms with E-state index in [1.807, 2.05) is 0 Å². The van der Waals surface area contributed by atoms with Crippen LogP contribution in [-0.4, -0.2) is 37.0 Å². The summed E-state index contributed by atoms with van der Waals surface area (Å²) in [7, 11) is 0. The number of benzene rings is 1. The van der Waals surface area contributed by atoms with E-state index in [9.17, 15) is 9.18 Å². The van der Waals surface area contributed by atoms with Gasteiger partial charge in [-0.05, 0) is 71.8 Å². The third kappa shape index (κ3) is 5.88. The van der Waals surface area contributed by atoms with E-state index in [1.165, 1.54) is 31.6 Å². The van der Waals surface area contributed by atoms with Crippen molar-refractivity contribution < 1.29 is 9.18 Å². The lowest BCUT2D eigenvalue weighted by atomic mass is 9.92. The van der Waals surface area contributed by atoms with Gasteiger partial charge < -0.3 is 10.2 Å². The Balaban J connectivity index is 1.67. The van der Waals surface area contributed by atoms with Crippen LogP contribution >= 0.6 is 15.9 Å². The molecule has 5 heteroatoms. The van der Waals surface area contributed by atoms with E-state index in [4.69, 9.17) is 0 Å². The zero-order valence-corrected chi connectivity index (χ0v) is 15.5. The van der Waals surface area contributed by atoms with Crippen molar-refractivity contribution in [2.24, 2.45) is 11.8 Å². The van der Waals surface area contributed by atoms with Gasteiger partial charge in [-0.1, -0.05) is 13.8 Å². The van der Waals surface area contributed by atoms with Crippen molar-refractivity contribution in [1.29, 1.82) is 0 Å². The first kappa shape index (κ1) is 18.4. The maximum absolute atomic E-state index is 13.2. The summed E-state index contributed by atoms with van der Waals surface area (Å²) in [6.07, 6.45) is 3.34. The molecule has 2 atom stereocenters. The number of hydrogen-bond acceptors (Lipinski definition) is 2. The molecule has 3 nitrogen and oxygen atoms in total. The fraction of sp³-hybridized carbons (Fsp3) is 0.611. The summed E-state index contributed by atoms with van der Waals surface area (Å²) in [6, 6.07) is 4.15. The number of nitrogens with zero attached hydrogens (tertiary/aromatic N) is 1.